The number of rotatable bonds is 6. The van der Waals surface area contributed by atoms with Crippen LogP contribution in [-0.2, 0) is 22.6 Å². The van der Waals surface area contributed by atoms with Crippen molar-refractivity contribution in [2.24, 2.45) is 0 Å². The number of imide groups is 2. The van der Waals surface area contributed by atoms with Gasteiger partial charge in [0.15, 0.2) is 0 Å². The average molecular weight is 461 g/mol. The third-order valence-corrected chi connectivity index (χ3v) is 5.40. The lowest BCUT2D eigenvalue weighted by Gasteiger charge is -2.26. The van der Waals surface area contributed by atoms with Gasteiger partial charge < -0.3 is 4.74 Å². The molecule has 33 heavy (non-hydrogen) atoms. The molecule has 0 aromatic heterocycles. The largest absolute Gasteiger partial charge is 0.489 e. The topological polar surface area (TPSA) is 75.7 Å². The minimum Gasteiger partial charge on any atom is -0.489 e. The van der Waals surface area contributed by atoms with Gasteiger partial charge in [-0.3, -0.25) is 14.9 Å². The van der Waals surface area contributed by atoms with Gasteiger partial charge >= 0.3 is 6.03 Å². The Morgan fingerprint density at radius 2 is 1.70 bits per heavy atom. The molecular weight excluding hydrogens is 440 g/mol. The number of aryl methyl sites for hydroxylation is 1. The molecule has 1 N–H and O–H groups in total. The monoisotopic (exact) mass is 460 g/mol. The van der Waals surface area contributed by atoms with Gasteiger partial charge in [-0.1, -0.05) is 54.9 Å². The van der Waals surface area contributed by atoms with Crippen LogP contribution in [-0.4, -0.2) is 17.8 Å². The average Bonchev–Trinajstić information content (AvgIpc) is 2.81. The van der Waals surface area contributed by atoms with Crippen molar-refractivity contribution in [1.82, 2.24) is 5.32 Å². The van der Waals surface area contributed by atoms with E-state index in [1.54, 1.807) is 42.5 Å². The molecule has 0 radical (unpaired) electrons. The summed E-state index contributed by atoms with van der Waals surface area (Å²) in [4.78, 5) is 38.8. The van der Waals surface area contributed by atoms with E-state index in [9.17, 15) is 14.4 Å². The maximum absolute atomic E-state index is 13.1. The van der Waals surface area contributed by atoms with E-state index < -0.39 is 17.8 Å². The maximum Gasteiger partial charge on any atom is 0.335 e. The summed E-state index contributed by atoms with van der Waals surface area (Å²) in [5.74, 6) is -0.856. The summed E-state index contributed by atoms with van der Waals surface area (Å²) >= 11 is 6.01. The van der Waals surface area contributed by atoms with Crippen molar-refractivity contribution in [2.45, 2.75) is 20.0 Å². The van der Waals surface area contributed by atoms with E-state index in [1.165, 1.54) is 6.08 Å². The Balaban J connectivity index is 1.56. The SMILES string of the molecule is CCc1ccc(N2C(=O)NC(=O)/C(=C/c3cccc(OCc4cccc(Cl)c4)c3)C2=O)cc1. The molecule has 0 atom stereocenters. The zero-order valence-electron chi connectivity index (χ0n) is 17.9. The fraction of sp³-hybridized carbons (Fsp3) is 0.115. The highest BCUT2D eigenvalue weighted by Gasteiger charge is 2.36. The number of amides is 4. The summed E-state index contributed by atoms with van der Waals surface area (Å²) < 4.78 is 5.82. The van der Waals surface area contributed by atoms with Crippen LogP contribution in [0.25, 0.3) is 6.08 Å². The van der Waals surface area contributed by atoms with Crippen molar-refractivity contribution in [1.29, 1.82) is 0 Å². The Labute approximate surface area is 196 Å². The molecule has 3 aromatic rings. The number of barbiturate groups is 1. The number of carbonyl (C=O) groups is 3. The lowest BCUT2D eigenvalue weighted by Crippen LogP contribution is -2.54. The summed E-state index contributed by atoms with van der Waals surface area (Å²) in [7, 11) is 0. The normalized spacial score (nSPS) is 15.0. The van der Waals surface area contributed by atoms with Crippen LogP contribution < -0.4 is 15.0 Å². The van der Waals surface area contributed by atoms with Gasteiger partial charge in [0.2, 0.25) is 0 Å². The van der Waals surface area contributed by atoms with E-state index in [0.717, 1.165) is 22.4 Å². The second-order valence-corrected chi connectivity index (χ2v) is 7.91. The van der Waals surface area contributed by atoms with Crippen LogP contribution in [0.4, 0.5) is 10.5 Å². The van der Waals surface area contributed by atoms with Crippen LogP contribution in [0.15, 0.2) is 78.4 Å². The predicted molar refractivity (Wildman–Crippen MR) is 127 cm³/mol. The zero-order valence-corrected chi connectivity index (χ0v) is 18.6. The maximum atomic E-state index is 13.1. The van der Waals surface area contributed by atoms with E-state index in [0.29, 0.717) is 28.6 Å². The lowest BCUT2D eigenvalue weighted by atomic mass is 10.1. The summed E-state index contributed by atoms with van der Waals surface area (Å²) in [5, 5.41) is 2.86. The van der Waals surface area contributed by atoms with Gasteiger partial charge in [-0.2, -0.15) is 0 Å². The molecule has 1 heterocycles. The highest BCUT2D eigenvalue weighted by atomic mass is 35.5. The van der Waals surface area contributed by atoms with Gasteiger partial charge in [0.05, 0.1) is 5.69 Å². The zero-order chi connectivity index (χ0) is 23.4. The third kappa shape index (κ3) is 5.13. The van der Waals surface area contributed by atoms with E-state index in [-0.39, 0.29) is 5.57 Å². The molecule has 1 aliphatic heterocycles. The summed E-state index contributed by atoms with van der Waals surface area (Å²) in [5.41, 5.74) is 2.84. The Kier molecular flexibility index (Phi) is 6.56. The Bertz CT molecular complexity index is 1250. The van der Waals surface area contributed by atoms with Crippen LogP contribution >= 0.6 is 11.6 Å². The predicted octanol–water partition coefficient (Wildman–Crippen LogP) is 5.15. The number of hydrogen-bond donors (Lipinski definition) is 1. The number of hydrogen-bond acceptors (Lipinski definition) is 4. The van der Waals surface area contributed by atoms with Gasteiger partial charge in [-0.25, -0.2) is 9.69 Å². The Hall–Kier alpha value is -3.90. The number of benzene rings is 3. The van der Waals surface area contributed by atoms with Crippen molar-refractivity contribution in [3.63, 3.8) is 0 Å². The number of carbonyl (C=O) groups excluding carboxylic acids is 3. The molecule has 4 amide bonds. The van der Waals surface area contributed by atoms with Gasteiger partial charge in [-0.15, -0.1) is 0 Å². The quantitative estimate of drug-likeness (QED) is 0.408. The molecular formula is C26H21ClN2O4. The van der Waals surface area contributed by atoms with Crippen molar-refractivity contribution >= 4 is 41.2 Å². The summed E-state index contributed by atoms with van der Waals surface area (Å²) in [6.45, 7) is 2.33. The Morgan fingerprint density at radius 1 is 0.939 bits per heavy atom. The smallest absolute Gasteiger partial charge is 0.335 e. The van der Waals surface area contributed by atoms with Crippen LogP contribution in [0.5, 0.6) is 5.75 Å². The first kappa shape index (κ1) is 22.3. The molecule has 1 fully saturated rings. The number of anilines is 1. The molecule has 3 aromatic carbocycles. The highest BCUT2D eigenvalue weighted by molar-refractivity contribution is 6.39. The number of ether oxygens (including phenoxy) is 1. The third-order valence-electron chi connectivity index (χ3n) is 5.17. The molecule has 166 valence electrons. The van der Waals surface area contributed by atoms with Crippen molar-refractivity contribution in [2.75, 3.05) is 4.90 Å². The first-order valence-electron chi connectivity index (χ1n) is 10.4. The molecule has 0 aliphatic carbocycles. The molecule has 4 rings (SSSR count). The molecule has 6 nitrogen and oxygen atoms in total. The van der Waals surface area contributed by atoms with Gasteiger partial charge in [0.1, 0.15) is 17.9 Å². The molecule has 0 unspecified atom stereocenters. The van der Waals surface area contributed by atoms with Crippen LogP contribution in [0, 0.1) is 0 Å². The minimum atomic E-state index is -0.773. The van der Waals surface area contributed by atoms with Crippen LogP contribution in [0.1, 0.15) is 23.6 Å². The Morgan fingerprint density at radius 3 is 2.42 bits per heavy atom. The first-order chi connectivity index (χ1) is 15.9. The number of urea groups is 1. The lowest BCUT2D eigenvalue weighted by molar-refractivity contribution is -0.122. The van der Waals surface area contributed by atoms with E-state index in [4.69, 9.17) is 16.3 Å². The molecule has 7 heteroatoms. The number of halogens is 1. The summed E-state index contributed by atoms with van der Waals surface area (Å²) in [6.07, 6.45) is 2.28. The molecule has 0 bridgehead atoms. The fourth-order valence-electron chi connectivity index (χ4n) is 3.43. The van der Waals surface area contributed by atoms with Gasteiger partial charge in [-0.05, 0) is 65.6 Å². The van der Waals surface area contributed by atoms with Crippen molar-refractivity contribution < 1.29 is 19.1 Å². The highest BCUT2D eigenvalue weighted by Crippen LogP contribution is 2.24. The second kappa shape index (κ2) is 9.71. The van der Waals surface area contributed by atoms with Gasteiger partial charge in [0.25, 0.3) is 11.8 Å². The molecule has 1 aliphatic rings. The fourth-order valence-corrected chi connectivity index (χ4v) is 3.64. The first-order valence-corrected chi connectivity index (χ1v) is 10.8. The molecule has 1 saturated heterocycles. The summed E-state index contributed by atoms with van der Waals surface area (Å²) in [6, 6.07) is 20.6. The number of nitrogens with one attached hydrogen (secondary N) is 1. The van der Waals surface area contributed by atoms with Gasteiger partial charge in [0, 0.05) is 5.02 Å². The minimum absolute atomic E-state index is 0.138. The molecule has 0 spiro atoms. The molecule has 0 saturated carbocycles. The standard InChI is InChI=1S/C26H21ClN2O4/c1-2-17-9-11-21(12-10-17)29-25(31)23(24(30)28-26(29)32)15-18-5-4-8-22(14-18)33-16-19-6-3-7-20(27)13-19/h3-15H,2,16H2,1H3,(H,28,30,32)/b23-15-. The van der Waals surface area contributed by atoms with E-state index >= 15 is 0 Å². The van der Waals surface area contributed by atoms with E-state index in [2.05, 4.69) is 5.32 Å². The van der Waals surface area contributed by atoms with E-state index in [1.807, 2.05) is 37.3 Å². The second-order valence-electron chi connectivity index (χ2n) is 7.47. The van der Waals surface area contributed by atoms with Crippen LogP contribution in [0.3, 0.4) is 0 Å². The number of nitrogens with zero attached hydrogens (tertiary/aromatic N) is 1. The van der Waals surface area contributed by atoms with Crippen LogP contribution in [0.2, 0.25) is 5.02 Å². The van der Waals surface area contributed by atoms with Crippen molar-refractivity contribution in [3.8, 4) is 5.75 Å². The van der Waals surface area contributed by atoms with Crippen molar-refractivity contribution in [3.05, 3.63) is 100 Å².